The topological polar surface area (TPSA) is 72.5 Å². The summed E-state index contributed by atoms with van der Waals surface area (Å²) < 4.78 is 26.4. The van der Waals surface area contributed by atoms with Crippen molar-refractivity contribution in [3.63, 3.8) is 0 Å². The van der Waals surface area contributed by atoms with Crippen LogP contribution in [-0.4, -0.2) is 39.7 Å². The van der Waals surface area contributed by atoms with Gasteiger partial charge >= 0.3 is 6.09 Å². The Labute approximate surface area is 114 Å². The Morgan fingerprint density at radius 2 is 2.26 bits per heavy atom. The molecule has 0 saturated carbocycles. The molecule has 0 aromatic carbocycles. The van der Waals surface area contributed by atoms with Gasteiger partial charge in [-0.25, -0.2) is 13.2 Å². The van der Waals surface area contributed by atoms with Gasteiger partial charge in [0.1, 0.15) is 6.61 Å². The average molecular weight is 287 g/mol. The summed E-state index contributed by atoms with van der Waals surface area (Å²) in [7, 11) is -3.08. The molecule has 0 saturated heterocycles. The standard InChI is InChI=1S/C13H21NO4S/c1-19(16,17)11-10-18-13(15)14-9-5-8-12-6-3-2-4-7-12/h2-3,5,8,12H,4,6-7,9-11H2,1H3,(H,14,15)/b8-5+. The fourth-order valence-electron chi connectivity index (χ4n) is 1.73. The highest BCUT2D eigenvalue weighted by Gasteiger charge is 2.06. The quantitative estimate of drug-likeness (QED) is 0.754. The maximum atomic E-state index is 11.2. The molecule has 108 valence electrons. The van der Waals surface area contributed by atoms with Gasteiger partial charge in [0, 0.05) is 12.8 Å². The molecule has 5 nitrogen and oxygen atoms in total. The van der Waals surface area contributed by atoms with E-state index in [0.29, 0.717) is 12.5 Å². The highest BCUT2D eigenvalue weighted by Crippen LogP contribution is 2.18. The predicted molar refractivity (Wildman–Crippen MR) is 74.7 cm³/mol. The number of rotatable bonds is 6. The monoisotopic (exact) mass is 287 g/mol. The third-order valence-electron chi connectivity index (χ3n) is 2.77. The van der Waals surface area contributed by atoms with E-state index in [1.54, 1.807) is 0 Å². The van der Waals surface area contributed by atoms with Gasteiger partial charge in [0.2, 0.25) is 0 Å². The van der Waals surface area contributed by atoms with E-state index in [9.17, 15) is 13.2 Å². The molecule has 1 unspecified atom stereocenters. The molecule has 0 fully saturated rings. The molecule has 1 N–H and O–H groups in total. The molecule has 6 heteroatoms. The van der Waals surface area contributed by atoms with Crippen molar-refractivity contribution in [1.82, 2.24) is 5.32 Å². The van der Waals surface area contributed by atoms with Crippen LogP contribution in [0.15, 0.2) is 24.3 Å². The minimum absolute atomic E-state index is 0.109. The molecule has 0 aromatic rings. The van der Waals surface area contributed by atoms with E-state index in [1.165, 1.54) is 0 Å². The highest BCUT2D eigenvalue weighted by atomic mass is 32.2. The zero-order valence-electron chi connectivity index (χ0n) is 11.2. The number of carbonyl (C=O) groups is 1. The minimum Gasteiger partial charge on any atom is -0.448 e. The van der Waals surface area contributed by atoms with E-state index in [0.717, 1.165) is 25.5 Å². The summed E-state index contributed by atoms with van der Waals surface area (Å²) in [5.74, 6) is 0.401. The molecule has 0 aliphatic heterocycles. The first-order chi connectivity index (χ1) is 8.97. The SMILES string of the molecule is CS(=O)(=O)CCOC(=O)NC/C=C/C1CC=CCC1. The van der Waals surface area contributed by atoms with Crippen LogP contribution < -0.4 is 5.32 Å². The Bertz CT molecular complexity index is 440. The van der Waals surface area contributed by atoms with Crippen LogP contribution in [0.25, 0.3) is 0 Å². The number of amides is 1. The predicted octanol–water partition coefficient (Wildman–Crippen LogP) is 1.67. The largest absolute Gasteiger partial charge is 0.448 e. The summed E-state index contributed by atoms with van der Waals surface area (Å²) >= 11 is 0. The molecular weight excluding hydrogens is 266 g/mol. The maximum Gasteiger partial charge on any atom is 0.407 e. The van der Waals surface area contributed by atoms with Crippen LogP contribution in [0, 0.1) is 5.92 Å². The van der Waals surface area contributed by atoms with Crippen LogP contribution in [-0.2, 0) is 14.6 Å². The Balaban J connectivity index is 2.09. The van der Waals surface area contributed by atoms with Crippen molar-refractivity contribution in [3.8, 4) is 0 Å². The van der Waals surface area contributed by atoms with Gasteiger partial charge in [0.15, 0.2) is 9.84 Å². The van der Waals surface area contributed by atoms with Crippen molar-refractivity contribution in [2.75, 3.05) is 25.2 Å². The third kappa shape index (κ3) is 8.42. The summed E-state index contributed by atoms with van der Waals surface area (Å²) in [4.78, 5) is 11.2. The summed E-state index contributed by atoms with van der Waals surface area (Å²) in [6, 6.07) is 0. The fraction of sp³-hybridized carbons (Fsp3) is 0.615. The summed E-state index contributed by atoms with van der Waals surface area (Å²) in [6.45, 7) is 0.291. The van der Waals surface area contributed by atoms with Gasteiger partial charge in [-0.3, -0.25) is 0 Å². The highest BCUT2D eigenvalue weighted by molar-refractivity contribution is 7.90. The van der Waals surface area contributed by atoms with Crippen LogP contribution in [0.4, 0.5) is 4.79 Å². The van der Waals surface area contributed by atoms with Gasteiger partial charge in [0.05, 0.1) is 5.75 Å². The van der Waals surface area contributed by atoms with E-state index >= 15 is 0 Å². The normalized spacial score (nSPS) is 19.5. The van der Waals surface area contributed by atoms with Crippen molar-refractivity contribution >= 4 is 15.9 Å². The number of alkyl carbamates (subject to hydrolysis) is 1. The Morgan fingerprint density at radius 3 is 2.89 bits per heavy atom. The van der Waals surface area contributed by atoms with Crippen molar-refractivity contribution in [2.24, 2.45) is 5.92 Å². The van der Waals surface area contributed by atoms with Crippen LogP contribution in [0.5, 0.6) is 0 Å². The molecule has 1 aliphatic carbocycles. The minimum atomic E-state index is -3.08. The van der Waals surface area contributed by atoms with Crippen molar-refractivity contribution in [2.45, 2.75) is 19.3 Å². The zero-order chi connectivity index (χ0) is 14.1. The molecular formula is C13H21NO4S. The fourth-order valence-corrected chi connectivity index (χ4v) is 2.12. The lowest BCUT2D eigenvalue weighted by molar-refractivity contribution is 0.154. The zero-order valence-corrected chi connectivity index (χ0v) is 12.0. The lowest BCUT2D eigenvalue weighted by atomic mass is 9.94. The Morgan fingerprint density at radius 1 is 1.47 bits per heavy atom. The van der Waals surface area contributed by atoms with Gasteiger partial charge in [0.25, 0.3) is 0 Å². The van der Waals surface area contributed by atoms with Crippen molar-refractivity contribution < 1.29 is 17.9 Å². The average Bonchev–Trinajstić information content (AvgIpc) is 2.34. The summed E-state index contributed by atoms with van der Waals surface area (Å²) in [6.07, 6.45) is 12.2. The second-order valence-corrected chi connectivity index (χ2v) is 6.88. The van der Waals surface area contributed by atoms with Gasteiger partial charge in [-0.2, -0.15) is 0 Å². The summed E-state index contributed by atoms with van der Waals surface area (Å²) in [5, 5.41) is 2.55. The number of ether oxygens (including phenoxy) is 1. The molecule has 0 radical (unpaired) electrons. The van der Waals surface area contributed by atoms with Crippen LogP contribution >= 0.6 is 0 Å². The number of hydrogen-bond donors (Lipinski definition) is 1. The van der Waals surface area contributed by atoms with Gasteiger partial charge < -0.3 is 10.1 Å². The second kappa shape index (κ2) is 7.99. The third-order valence-corrected chi connectivity index (χ3v) is 3.68. The summed E-state index contributed by atoms with van der Waals surface area (Å²) in [5.41, 5.74) is 0. The van der Waals surface area contributed by atoms with Gasteiger partial charge in [-0.15, -0.1) is 0 Å². The van der Waals surface area contributed by atoms with Crippen LogP contribution in [0.1, 0.15) is 19.3 Å². The molecule has 1 atom stereocenters. The van der Waals surface area contributed by atoms with Crippen LogP contribution in [0.3, 0.4) is 0 Å². The first-order valence-corrected chi connectivity index (χ1v) is 8.43. The smallest absolute Gasteiger partial charge is 0.407 e. The molecule has 0 heterocycles. The Kier molecular flexibility index (Phi) is 6.62. The van der Waals surface area contributed by atoms with E-state index in [4.69, 9.17) is 4.74 Å². The maximum absolute atomic E-state index is 11.2. The number of nitrogens with one attached hydrogen (secondary N) is 1. The molecule has 0 aromatic heterocycles. The van der Waals surface area contributed by atoms with Gasteiger partial charge in [-0.05, 0) is 25.2 Å². The number of carbonyl (C=O) groups excluding carboxylic acids is 1. The lowest BCUT2D eigenvalue weighted by Crippen LogP contribution is -2.26. The molecule has 1 rings (SSSR count). The van der Waals surface area contributed by atoms with Crippen LogP contribution in [0.2, 0.25) is 0 Å². The molecule has 1 aliphatic rings. The molecule has 0 spiro atoms. The van der Waals surface area contributed by atoms with E-state index in [-0.39, 0.29) is 12.4 Å². The Hall–Kier alpha value is -1.30. The van der Waals surface area contributed by atoms with E-state index < -0.39 is 15.9 Å². The van der Waals surface area contributed by atoms with Crippen molar-refractivity contribution in [1.29, 1.82) is 0 Å². The van der Waals surface area contributed by atoms with E-state index in [2.05, 4.69) is 23.5 Å². The number of sulfone groups is 1. The molecule has 1 amide bonds. The van der Waals surface area contributed by atoms with Gasteiger partial charge in [-0.1, -0.05) is 24.3 Å². The first kappa shape index (κ1) is 15.8. The van der Waals surface area contributed by atoms with E-state index in [1.807, 2.05) is 6.08 Å². The first-order valence-electron chi connectivity index (χ1n) is 6.37. The molecule has 19 heavy (non-hydrogen) atoms. The number of hydrogen-bond acceptors (Lipinski definition) is 4. The number of allylic oxidation sites excluding steroid dienone is 3. The second-order valence-electron chi connectivity index (χ2n) is 4.62. The lowest BCUT2D eigenvalue weighted by Gasteiger charge is -2.12. The van der Waals surface area contributed by atoms with Crippen molar-refractivity contribution in [3.05, 3.63) is 24.3 Å². The molecule has 0 bridgehead atoms.